The van der Waals surface area contributed by atoms with Crippen molar-refractivity contribution in [3.8, 4) is 0 Å². The minimum Gasteiger partial charge on any atom is -0.459 e. The second kappa shape index (κ2) is 7.54. The molecule has 0 aliphatic rings. The van der Waals surface area contributed by atoms with Crippen LogP contribution in [0.3, 0.4) is 0 Å². The van der Waals surface area contributed by atoms with Gasteiger partial charge >= 0.3 is 0 Å². The summed E-state index contributed by atoms with van der Waals surface area (Å²) in [5, 5.41) is 5.55. The first-order valence-corrected chi connectivity index (χ1v) is 7.78. The monoisotopic (exact) mass is 304 g/mol. The molecular formula is C15H16N2O3S. The first kappa shape index (κ1) is 15.2. The van der Waals surface area contributed by atoms with Crippen molar-refractivity contribution in [2.24, 2.45) is 0 Å². The van der Waals surface area contributed by atoms with Gasteiger partial charge in [0, 0.05) is 12.2 Å². The van der Waals surface area contributed by atoms with Crippen molar-refractivity contribution in [1.82, 2.24) is 5.32 Å². The molecule has 0 aliphatic carbocycles. The predicted octanol–water partition coefficient (Wildman–Crippen LogP) is 2.51. The topological polar surface area (TPSA) is 71.3 Å². The Labute approximate surface area is 127 Å². The number of anilines is 1. The maximum atomic E-state index is 11.8. The second-order valence-corrected chi connectivity index (χ2v) is 5.20. The fourth-order valence-electron chi connectivity index (χ4n) is 1.69. The van der Waals surface area contributed by atoms with Crippen molar-refractivity contribution >= 4 is 29.3 Å². The van der Waals surface area contributed by atoms with Crippen LogP contribution < -0.4 is 10.6 Å². The second-order valence-electron chi connectivity index (χ2n) is 4.34. The van der Waals surface area contributed by atoms with Gasteiger partial charge in [-0.2, -0.15) is 11.8 Å². The van der Waals surface area contributed by atoms with Gasteiger partial charge in [0.15, 0.2) is 5.76 Å². The maximum absolute atomic E-state index is 11.8. The maximum Gasteiger partial charge on any atom is 0.291 e. The summed E-state index contributed by atoms with van der Waals surface area (Å²) in [5.74, 6) is 0.444. The molecule has 2 rings (SSSR count). The summed E-state index contributed by atoms with van der Waals surface area (Å²) in [6.45, 7) is 0.478. The average Bonchev–Trinajstić information content (AvgIpc) is 3.01. The van der Waals surface area contributed by atoms with Crippen LogP contribution in [0.25, 0.3) is 0 Å². The minimum absolute atomic E-state index is 0.0118. The van der Waals surface area contributed by atoms with Crippen LogP contribution in [0.1, 0.15) is 16.1 Å². The molecule has 2 amide bonds. The number of benzene rings is 1. The first-order chi connectivity index (χ1) is 10.2. The number of hydrogen-bond donors (Lipinski definition) is 2. The molecule has 0 spiro atoms. The van der Waals surface area contributed by atoms with Crippen LogP contribution in [-0.4, -0.2) is 23.8 Å². The van der Waals surface area contributed by atoms with Crippen molar-refractivity contribution in [2.45, 2.75) is 6.54 Å². The van der Waals surface area contributed by atoms with E-state index in [1.54, 1.807) is 24.3 Å². The van der Waals surface area contributed by atoms with Gasteiger partial charge in [0.25, 0.3) is 5.91 Å². The zero-order chi connectivity index (χ0) is 15.1. The largest absolute Gasteiger partial charge is 0.459 e. The molecule has 0 radical (unpaired) electrons. The third-order valence-corrected chi connectivity index (χ3v) is 3.27. The van der Waals surface area contributed by atoms with Crippen LogP contribution in [0.4, 0.5) is 5.69 Å². The molecule has 6 heteroatoms. The highest BCUT2D eigenvalue weighted by molar-refractivity contribution is 7.99. The van der Waals surface area contributed by atoms with Gasteiger partial charge < -0.3 is 15.1 Å². The molecule has 0 unspecified atom stereocenters. The molecule has 110 valence electrons. The average molecular weight is 304 g/mol. The van der Waals surface area contributed by atoms with E-state index in [1.807, 2.05) is 18.4 Å². The van der Waals surface area contributed by atoms with Gasteiger partial charge in [-0.05, 0) is 36.1 Å². The van der Waals surface area contributed by atoms with E-state index in [1.165, 1.54) is 18.0 Å². The summed E-state index contributed by atoms with van der Waals surface area (Å²) >= 11 is 1.48. The van der Waals surface area contributed by atoms with Crippen molar-refractivity contribution < 1.29 is 14.0 Å². The Morgan fingerprint density at radius 1 is 1.19 bits per heavy atom. The number of hydrogen-bond acceptors (Lipinski definition) is 4. The quantitative estimate of drug-likeness (QED) is 0.860. The first-order valence-electron chi connectivity index (χ1n) is 6.38. The number of carbonyl (C=O) groups is 2. The summed E-state index contributed by atoms with van der Waals surface area (Å²) < 4.78 is 5.02. The molecular weight excluding hydrogens is 288 g/mol. The van der Waals surface area contributed by atoms with E-state index < -0.39 is 0 Å². The molecule has 0 atom stereocenters. The molecule has 1 heterocycles. The van der Waals surface area contributed by atoms with Gasteiger partial charge in [-0.25, -0.2) is 0 Å². The molecule has 0 bridgehead atoms. The van der Waals surface area contributed by atoms with Crippen molar-refractivity contribution in [3.63, 3.8) is 0 Å². The number of carbonyl (C=O) groups excluding carboxylic acids is 2. The Morgan fingerprint density at radius 2 is 1.95 bits per heavy atom. The highest BCUT2D eigenvalue weighted by Crippen LogP contribution is 2.11. The lowest BCUT2D eigenvalue weighted by Crippen LogP contribution is -2.24. The fourth-order valence-corrected chi connectivity index (χ4v) is 2.05. The normalized spacial score (nSPS) is 10.1. The summed E-state index contributed by atoms with van der Waals surface area (Å²) in [5.41, 5.74) is 1.65. The molecule has 1 aromatic carbocycles. The summed E-state index contributed by atoms with van der Waals surface area (Å²) in [7, 11) is 0. The predicted molar refractivity (Wildman–Crippen MR) is 83.3 cm³/mol. The van der Waals surface area contributed by atoms with Gasteiger partial charge in [-0.15, -0.1) is 0 Å². The lowest BCUT2D eigenvalue weighted by molar-refractivity contribution is -0.118. The Hall–Kier alpha value is -2.21. The smallest absolute Gasteiger partial charge is 0.291 e. The molecule has 0 aliphatic heterocycles. The van der Waals surface area contributed by atoms with Crippen LogP contribution in [0.15, 0.2) is 47.1 Å². The van der Waals surface area contributed by atoms with Crippen LogP contribution in [0.5, 0.6) is 0 Å². The van der Waals surface area contributed by atoms with E-state index in [2.05, 4.69) is 10.6 Å². The summed E-state index contributed by atoms with van der Waals surface area (Å²) in [4.78, 5) is 23.1. The minimum atomic E-state index is -0.291. The van der Waals surface area contributed by atoms with E-state index in [0.29, 0.717) is 18.0 Å². The molecule has 5 nitrogen and oxygen atoms in total. The number of furan rings is 1. The lowest BCUT2D eigenvalue weighted by Gasteiger charge is -2.06. The number of thioether (sulfide) groups is 1. The lowest BCUT2D eigenvalue weighted by atomic mass is 10.2. The SMILES string of the molecule is CSCC(=O)NCc1ccc(NC(=O)c2ccco2)cc1. The van der Waals surface area contributed by atoms with E-state index >= 15 is 0 Å². The highest BCUT2D eigenvalue weighted by atomic mass is 32.2. The Morgan fingerprint density at radius 3 is 2.57 bits per heavy atom. The van der Waals surface area contributed by atoms with Gasteiger partial charge in [0.1, 0.15) is 0 Å². The number of nitrogens with one attached hydrogen (secondary N) is 2. The molecule has 0 saturated carbocycles. The highest BCUT2D eigenvalue weighted by Gasteiger charge is 2.08. The molecule has 2 N–H and O–H groups in total. The molecule has 0 saturated heterocycles. The van der Waals surface area contributed by atoms with Gasteiger partial charge in [-0.1, -0.05) is 12.1 Å². The Kier molecular flexibility index (Phi) is 5.45. The molecule has 0 fully saturated rings. The van der Waals surface area contributed by atoms with Crippen molar-refractivity contribution in [3.05, 3.63) is 54.0 Å². The number of amides is 2. The molecule has 2 aromatic rings. The summed E-state index contributed by atoms with van der Waals surface area (Å²) in [6.07, 6.45) is 3.34. The van der Waals surface area contributed by atoms with Crippen LogP contribution in [0.2, 0.25) is 0 Å². The fraction of sp³-hybridized carbons (Fsp3) is 0.200. The third kappa shape index (κ3) is 4.68. The Balaban J connectivity index is 1.87. The van der Waals surface area contributed by atoms with E-state index in [4.69, 9.17) is 4.42 Å². The molecule has 21 heavy (non-hydrogen) atoms. The van der Waals surface area contributed by atoms with Crippen molar-refractivity contribution in [1.29, 1.82) is 0 Å². The van der Waals surface area contributed by atoms with Crippen molar-refractivity contribution in [2.75, 3.05) is 17.3 Å². The van der Waals surface area contributed by atoms with Gasteiger partial charge in [0.05, 0.1) is 12.0 Å². The summed E-state index contributed by atoms with van der Waals surface area (Å²) in [6, 6.07) is 10.6. The standard InChI is InChI=1S/C15H16N2O3S/c1-21-10-14(18)16-9-11-4-6-12(7-5-11)17-15(19)13-3-2-8-20-13/h2-8H,9-10H2,1H3,(H,16,18)(H,17,19). The van der Waals surface area contributed by atoms with Crippen LogP contribution >= 0.6 is 11.8 Å². The van der Waals surface area contributed by atoms with E-state index in [-0.39, 0.29) is 17.6 Å². The van der Waals surface area contributed by atoms with E-state index in [0.717, 1.165) is 5.56 Å². The Bertz CT molecular complexity index is 594. The van der Waals surface area contributed by atoms with Crippen LogP contribution in [-0.2, 0) is 11.3 Å². The van der Waals surface area contributed by atoms with Gasteiger partial charge in [-0.3, -0.25) is 9.59 Å². The molecule has 1 aromatic heterocycles. The zero-order valence-electron chi connectivity index (χ0n) is 11.6. The van der Waals surface area contributed by atoms with Gasteiger partial charge in [0.2, 0.25) is 5.91 Å². The van der Waals surface area contributed by atoms with Crippen LogP contribution in [0, 0.1) is 0 Å². The number of rotatable bonds is 6. The zero-order valence-corrected chi connectivity index (χ0v) is 12.4. The van der Waals surface area contributed by atoms with E-state index in [9.17, 15) is 9.59 Å². The third-order valence-electron chi connectivity index (χ3n) is 2.72.